The molecular weight excluding hydrogens is 206 g/mol. The van der Waals surface area contributed by atoms with E-state index in [2.05, 4.69) is 25.5 Å². The van der Waals surface area contributed by atoms with Crippen molar-refractivity contribution in [2.75, 3.05) is 12.4 Å². The Morgan fingerprint density at radius 1 is 1.50 bits per heavy atom. The molecule has 0 bridgehead atoms. The SMILES string of the molecule is COc1ccnc(NC(C)c2cn[nH]c2)n1. The standard InChI is InChI=1S/C10H13N5O/c1-7(8-5-12-13-6-8)14-10-11-4-3-9(15-10)16-2/h3-7H,1-2H3,(H,12,13)(H,11,14,15). The molecule has 0 saturated carbocycles. The van der Waals surface area contributed by atoms with Crippen molar-refractivity contribution in [3.63, 3.8) is 0 Å². The number of methoxy groups -OCH3 is 1. The Labute approximate surface area is 93.1 Å². The maximum atomic E-state index is 5.02. The first kappa shape index (κ1) is 10.4. The number of rotatable bonds is 4. The van der Waals surface area contributed by atoms with Gasteiger partial charge >= 0.3 is 0 Å². The minimum Gasteiger partial charge on any atom is -0.481 e. The van der Waals surface area contributed by atoms with Crippen molar-refractivity contribution in [2.45, 2.75) is 13.0 Å². The van der Waals surface area contributed by atoms with Gasteiger partial charge in [0.1, 0.15) is 0 Å². The van der Waals surface area contributed by atoms with Crippen LogP contribution in [-0.2, 0) is 0 Å². The normalized spacial score (nSPS) is 12.1. The first-order valence-electron chi connectivity index (χ1n) is 4.92. The highest BCUT2D eigenvalue weighted by Gasteiger charge is 2.08. The van der Waals surface area contributed by atoms with Crippen LogP contribution in [0.15, 0.2) is 24.7 Å². The van der Waals surface area contributed by atoms with Gasteiger partial charge < -0.3 is 10.1 Å². The van der Waals surface area contributed by atoms with Gasteiger partial charge in [0.05, 0.1) is 19.3 Å². The molecule has 1 atom stereocenters. The van der Waals surface area contributed by atoms with E-state index in [0.717, 1.165) is 5.56 Å². The zero-order valence-electron chi connectivity index (χ0n) is 9.14. The van der Waals surface area contributed by atoms with Gasteiger partial charge in [-0.15, -0.1) is 0 Å². The zero-order chi connectivity index (χ0) is 11.4. The van der Waals surface area contributed by atoms with Crippen molar-refractivity contribution in [1.82, 2.24) is 20.2 Å². The van der Waals surface area contributed by atoms with Crippen LogP contribution in [0.4, 0.5) is 5.95 Å². The summed E-state index contributed by atoms with van der Waals surface area (Å²) in [5, 5.41) is 9.81. The summed E-state index contributed by atoms with van der Waals surface area (Å²) in [7, 11) is 1.58. The lowest BCUT2D eigenvalue weighted by molar-refractivity contribution is 0.397. The predicted molar refractivity (Wildman–Crippen MR) is 59.2 cm³/mol. The Balaban J connectivity index is 2.08. The van der Waals surface area contributed by atoms with E-state index < -0.39 is 0 Å². The van der Waals surface area contributed by atoms with Crippen LogP contribution in [0.5, 0.6) is 5.88 Å². The van der Waals surface area contributed by atoms with Gasteiger partial charge in [-0.1, -0.05) is 0 Å². The van der Waals surface area contributed by atoms with Gasteiger partial charge in [-0.3, -0.25) is 5.10 Å². The number of hydrogen-bond acceptors (Lipinski definition) is 5. The van der Waals surface area contributed by atoms with Gasteiger partial charge in [0, 0.05) is 24.0 Å². The van der Waals surface area contributed by atoms with E-state index in [0.29, 0.717) is 11.8 Å². The van der Waals surface area contributed by atoms with E-state index in [1.807, 2.05) is 13.1 Å². The fourth-order valence-electron chi connectivity index (χ4n) is 1.30. The second-order valence-corrected chi connectivity index (χ2v) is 3.32. The largest absolute Gasteiger partial charge is 0.481 e. The summed E-state index contributed by atoms with van der Waals surface area (Å²) in [6.45, 7) is 2.01. The molecule has 1 unspecified atom stereocenters. The maximum Gasteiger partial charge on any atom is 0.226 e. The summed E-state index contributed by atoms with van der Waals surface area (Å²) in [6.07, 6.45) is 5.24. The van der Waals surface area contributed by atoms with E-state index in [4.69, 9.17) is 4.74 Å². The van der Waals surface area contributed by atoms with Gasteiger partial charge in [-0.25, -0.2) is 4.98 Å². The van der Waals surface area contributed by atoms with Crippen molar-refractivity contribution < 1.29 is 4.74 Å². The molecule has 6 heteroatoms. The molecule has 2 aromatic heterocycles. The highest BCUT2D eigenvalue weighted by atomic mass is 16.5. The van der Waals surface area contributed by atoms with Crippen molar-refractivity contribution >= 4 is 5.95 Å². The third-order valence-electron chi connectivity index (χ3n) is 2.20. The molecule has 0 fully saturated rings. The molecule has 84 valence electrons. The quantitative estimate of drug-likeness (QED) is 0.812. The van der Waals surface area contributed by atoms with Gasteiger partial charge in [0.25, 0.3) is 0 Å². The molecule has 16 heavy (non-hydrogen) atoms. The van der Waals surface area contributed by atoms with Gasteiger partial charge in [0.2, 0.25) is 11.8 Å². The number of nitrogens with zero attached hydrogens (tertiary/aromatic N) is 3. The number of nitrogens with one attached hydrogen (secondary N) is 2. The average molecular weight is 219 g/mol. The van der Waals surface area contributed by atoms with Crippen LogP contribution in [0.3, 0.4) is 0 Å². The first-order valence-corrected chi connectivity index (χ1v) is 4.92. The first-order chi connectivity index (χ1) is 7.79. The summed E-state index contributed by atoms with van der Waals surface area (Å²) in [6, 6.07) is 1.79. The highest BCUT2D eigenvalue weighted by Crippen LogP contribution is 2.16. The number of aromatic nitrogens is 4. The number of aromatic amines is 1. The number of anilines is 1. The Morgan fingerprint density at radius 2 is 2.38 bits per heavy atom. The van der Waals surface area contributed by atoms with Crippen LogP contribution in [0.25, 0.3) is 0 Å². The third kappa shape index (κ3) is 2.28. The van der Waals surface area contributed by atoms with Crippen LogP contribution >= 0.6 is 0 Å². The predicted octanol–water partition coefficient (Wildman–Crippen LogP) is 1.38. The molecule has 0 aliphatic heterocycles. The summed E-state index contributed by atoms with van der Waals surface area (Å²) < 4.78 is 5.02. The van der Waals surface area contributed by atoms with Crippen LogP contribution in [0, 0.1) is 0 Å². The third-order valence-corrected chi connectivity index (χ3v) is 2.20. The van der Waals surface area contributed by atoms with Gasteiger partial charge in [-0.2, -0.15) is 10.1 Å². The smallest absolute Gasteiger partial charge is 0.226 e. The minimum absolute atomic E-state index is 0.0888. The minimum atomic E-state index is 0.0888. The molecule has 2 N–H and O–H groups in total. The number of ether oxygens (including phenoxy) is 1. The van der Waals surface area contributed by atoms with Crippen molar-refractivity contribution in [1.29, 1.82) is 0 Å². The monoisotopic (exact) mass is 219 g/mol. The van der Waals surface area contributed by atoms with E-state index in [1.165, 1.54) is 0 Å². The molecule has 2 aromatic rings. The highest BCUT2D eigenvalue weighted by molar-refractivity contribution is 5.31. The van der Waals surface area contributed by atoms with Gasteiger partial charge in [-0.05, 0) is 6.92 Å². The van der Waals surface area contributed by atoms with E-state index in [1.54, 1.807) is 25.6 Å². The second kappa shape index (κ2) is 4.61. The Hall–Kier alpha value is -2.11. The molecular formula is C10H13N5O. The lowest BCUT2D eigenvalue weighted by Gasteiger charge is -2.11. The van der Waals surface area contributed by atoms with Crippen LogP contribution in [-0.4, -0.2) is 27.3 Å². The lowest BCUT2D eigenvalue weighted by Crippen LogP contribution is -2.08. The van der Waals surface area contributed by atoms with Crippen molar-refractivity contribution in [3.05, 3.63) is 30.2 Å². The second-order valence-electron chi connectivity index (χ2n) is 3.32. The molecule has 2 rings (SSSR count). The fraction of sp³-hybridized carbons (Fsp3) is 0.300. The number of H-pyrrole nitrogens is 1. The molecule has 0 saturated heterocycles. The summed E-state index contributed by atoms with van der Waals surface area (Å²) >= 11 is 0. The van der Waals surface area contributed by atoms with Crippen LogP contribution < -0.4 is 10.1 Å². The molecule has 6 nitrogen and oxygen atoms in total. The lowest BCUT2D eigenvalue weighted by atomic mass is 10.2. The Morgan fingerprint density at radius 3 is 3.06 bits per heavy atom. The van der Waals surface area contributed by atoms with E-state index >= 15 is 0 Å². The van der Waals surface area contributed by atoms with E-state index in [9.17, 15) is 0 Å². The molecule has 0 aromatic carbocycles. The number of hydrogen-bond donors (Lipinski definition) is 2. The summed E-state index contributed by atoms with van der Waals surface area (Å²) in [5.41, 5.74) is 1.05. The van der Waals surface area contributed by atoms with Crippen LogP contribution in [0.2, 0.25) is 0 Å². The molecule has 2 heterocycles. The van der Waals surface area contributed by atoms with Gasteiger partial charge in [0.15, 0.2) is 0 Å². The molecule has 0 spiro atoms. The average Bonchev–Trinajstić information content (AvgIpc) is 2.83. The molecule has 0 aliphatic carbocycles. The fourth-order valence-corrected chi connectivity index (χ4v) is 1.30. The Bertz CT molecular complexity index is 442. The molecule has 0 aliphatic rings. The Kier molecular flexibility index (Phi) is 3.00. The topological polar surface area (TPSA) is 75.7 Å². The van der Waals surface area contributed by atoms with E-state index in [-0.39, 0.29) is 6.04 Å². The maximum absolute atomic E-state index is 5.02. The molecule has 0 amide bonds. The van der Waals surface area contributed by atoms with Crippen LogP contribution in [0.1, 0.15) is 18.5 Å². The molecule has 0 radical (unpaired) electrons. The zero-order valence-corrected chi connectivity index (χ0v) is 9.14. The summed E-state index contributed by atoms with van der Waals surface area (Å²) in [4.78, 5) is 8.27. The summed E-state index contributed by atoms with van der Waals surface area (Å²) in [5.74, 6) is 1.07. The van der Waals surface area contributed by atoms with Crippen molar-refractivity contribution in [3.8, 4) is 5.88 Å². The van der Waals surface area contributed by atoms with Crippen molar-refractivity contribution in [2.24, 2.45) is 0 Å².